The smallest absolute Gasteiger partial charge is 0.317 e. The number of aromatic hydroxyl groups is 1. The molecule has 1 aliphatic heterocycles. The summed E-state index contributed by atoms with van der Waals surface area (Å²) in [5.41, 5.74) is 5.54. The normalized spacial score (nSPS) is 13.2. The lowest BCUT2D eigenvalue weighted by atomic mass is 10.00. The molecule has 2 N–H and O–H groups in total. The summed E-state index contributed by atoms with van der Waals surface area (Å²) >= 11 is 1.65. The van der Waals surface area contributed by atoms with Gasteiger partial charge in [-0.25, -0.2) is 9.78 Å². The minimum atomic E-state index is -0.0523. The monoisotopic (exact) mass is 393 g/mol. The van der Waals surface area contributed by atoms with Crippen molar-refractivity contribution in [3.63, 3.8) is 0 Å². The Labute approximate surface area is 168 Å². The van der Waals surface area contributed by atoms with Gasteiger partial charge in [-0.05, 0) is 48.6 Å². The van der Waals surface area contributed by atoms with Gasteiger partial charge in [-0.2, -0.15) is 0 Å². The van der Waals surface area contributed by atoms with Gasteiger partial charge < -0.3 is 15.3 Å². The van der Waals surface area contributed by atoms with Gasteiger partial charge in [-0.15, -0.1) is 11.3 Å². The summed E-state index contributed by atoms with van der Waals surface area (Å²) in [7, 11) is 0. The van der Waals surface area contributed by atoms with E-state index in [1.165, 1.54) is 11.1 Å². The first-order valence-electron chi connectivity index (χ1n) is 9.43. The summed E-state index contributed by atoms with van der Waals surface area (Å²) < 4.78 is 0. The van der Waals surface area contributed by atoms with Gasteiger partial charge in [0.2, 0.25) is 0 Å². The van der Waals surface area contributed by atoms with Crippen molar-refractivity contribution in [3.05, 3.63) is 69.5 Å². The molecule has 5 nitrogen and oxygen atoms in total. The van der Waals surface area contributed by atoms with Gasteiger partial charge in [0.25, 0.3) is 0 Å². The van der Waals surface area contributed by atoms with Crippen LogP contribution in [0.3, 0.4) is 0 Å². The van der Waals surface area contributed by atoms with E-state index in [2.05, 4.69) is 39.9 Å². The third kappa shape index (κ3) is 4.17. The molecule has 28 heavy (non-hydrogen) atoms. The Morgan fingerprint density at radius 3 is 2.79 bits per heavy atom. The summed E-state index contributed by atoms with van der Waals surface area (Å²) in [6.45, 7) is 3.84. The topological polar surface area (TPSA) is 65.5 Å². The minimum absolute atomic E-state index is 0.0523. The van der Waals surface area contributed by atoms with E-state index in [1.54, 1.807) is 28.4 Å². The number of phenolic OH excluding ortho intramolecular Hbond substituents is 1. The van der Waals surface area contributed by atoms with E-state index in [0.29, 0.717) is 19.6 Å². The van der Waals surface area contributed by atoms with Crippen molar-refractivity contribution in [3.8, 4) is 17.0 Å². The highest BCUT2D eigenvalue weighted by atomic mass is 32.1. The fourth-order valence-electron chi connectivity index (χ4n) is 3.48. The van der Waals surface area contributed by atoms with Crippen LogP contribution in [0.5, 0.6) is 5.75 Å². The number of aromatic nitrogens is 1. The lowest BCUT2D eigenvalue weighted by molar-refractivity contribution is 0.192. The van der Waals surface area contributed by atoms with Gasteiger partial charge in [-0.1, -0.05) is 30.3 Å². The van der Waals surface area contributed by atoms with E-state index in [-0.39, 0.29) is 11.8 Å². The van der Waals surface area contributed by atoms with Crippen LogP contribution in [0.4, 0.5) is 4.79 Å². The third-order valence-electron chi connectivity index (χ3n) is 5.05. The molecule has 1 aromatic heterocycles. The van der Waals surface area contributed by atoms with E-state index in [9.17, 15) is 9.90 Å². The molecule has 0 unspecified atom stereocenters. The average Bonchev–Trinajstić information content (AvgIpc) is 3.14. The Hall–Kier alpha value is -2.86. The van der Waals surface area contributed by atoms with Gasteiger partial charge in [-0.3, -0.25) is 0 Å². The molecule has 0 bridgehead atoms. The number of rotatable bonds is 4. The maximum absolute atomic E-state index is 12.5. The van der Waals surface area contributed by atoms with Crippen molar-refractivity contribution >= 4 is 17.4 Å². The highest BCUT2D eigenvalue weighted by Crippen LogP contribution is 2.23. The van der Waals surface area contributed by atoms with Gasteiger partial charge in [0, 0.05) is 30.6 Å². The van der Waals surface area contributed by atoms with Crippen LogP contribution in [0.1, 0.15) is 21.7 Å². The number of fused-ring (bicyclic) bond motifs is 1. The van der Waals surface area contributed by atoms with Crippen LogP contribution in [0.15, 0.2) is 47.8 Å². The molecule has 144 valence electrons. The van der Waals surface area contributed by atoms with Gasteiger partial charge >= 0.3 is 6.03 Å². The zero-order chi connectivity index (χ0) is 19.5. The second kappa shape index (κ2) is 8.02. The third-order valence-corrected chi connectivity index (χ3v) is 5.82. The first-order chi connectivity index (χ1) is 13.6. The van der Waals surface area contributed by atoms with Gasteiger partial charge in [0.15, 0.2) is 0 Å². The molecular weight excluding hydrogens is 370 g/mol. The van der Waals surface area contributed by atoms with E-state index >= 15 is 0 Å². The number of phenols is 1. The number of urea groups is 1. The van der Waals surface area contributed by atoms with Crippen LogP contribution in [0.2, 0.25) is 0 Å². The van der Waals surface area contributed by atoms with Crippen LogP contribution in [0, 0.1) is 6.92 Å². The van der Waals surface area contributed by atoms with Crippen LogP contribution >= 0.6 is 11.3 Å². The molecule has 1 aliphatic rings. The molecular formula is C22H23N3O2S. The summed E-state index contributed by atoms with van der Waals surface area (Å²) in [6, 6.07) is 13.7. The van der Waals surface area contributed by atoms with Crippen LogP contribution in [0.25, 0.3) is 11.3 Å². The van der Waals surface area contributed by atoms with Crippen molar-refractivity contribution in [2.45, 2.75) is 26.3 Å². The van der Waals surface area contributed by atoms with E-state index in [1.807, 2.05) is 13.0 Å². The number of carbonyl (C=O) groups is 1. The number of benzene rings is 2. The number of aryl methyl sites for hydroxylation is 1. The molecule has 0 atom stereocenters. The number of hydrogen-bond donors (Lipinski definition) is 2. The fraction of sp³-hybridized carbons (Fsp3) is 0.273. The Bertz CT molecular complexity index is 982. The second-order valence-corrected chi connectivity index (χ2v) is 8.12. The van der Waals surface area contributed by atoms with Crippen molar-refractivity contribution < 1.29 is 9.90 Å². The number of hydrogen-bond acceptors (Lipinski definition) is 4. The maximum atomic E-state index is 12.5. The standard InChI is InChI=1S/C22H23N3O2S/c1-15-24-21(14-28-15)18-4-2-16(3-5-18)8-10-23-22(27)25-11-9-17-6-7-20(26)12-19(17)13-25/h2-7,12,14,26H,8-11,13H2,1H3,(H,23,27). The first-order valence-corrected chi connectivity index (χ1v) is 10.3. The molecule has 0 aliphatic carbocycles. The lowest BCUT2D eigenvalue weighted by Gasteiger charge is -2.29. The maximum Gasteiger partial charge on any atom is 0.317 e. The Morgan fingerprint density at radius 1 is 1.21 bits per heavy atom. The zero-order valence-electron chi connectivity index (χ0n) is 15.8. The molecule has 4 rings (SSSR count). The van der Waals surface area contributed by atoms with Crippen LogP contribution in [-0.2, 0) is 19.4 Å². The second-order valence-electron chi connectivity index (χ2n) is 7.06. The van der Waals surface area contributed by atoms with Gasteiger partial charge in [0.05, 0.1) is 10.7 Å². The number of nitrogens with zero attached hydrogens (tertiary/aromatic N) is 2. The summed E-state index contributed by atoms with van der Waals surface area (Å²) in [5.74, 6) is 0.247. The molecule has 0 radical (unpaired) electrons. The Morgan fingerprint density at radius 2 is 2.04 bits per heavy atom. The van der Waals surface area contributed by atoms with Crippen molar-refractivity contribution in [1.29, 1.82) is 0 Å². The van der Waals surface area contributed by atoms with Crippen LogP contribution < -0.4 is 5.32 Å². The predicted molar refractivity (Wildman–Crippen MR) is 112 cm³/mol. The number of amides is 2. The molecule has 0 saturated carbocycles. The quantitative estimate of drug-likeness (QED) is 0.700. The SMILES string of the molecule is Cc1nc(-c2ccc(CCNC(=O)N3CCc4ccc(O)cc4C3)cc2)cs1. The molecule has 2 amide bonds. The molecule has 0 spiro atoms. The Kier molecular flexibility index (Phi) is 5.30. The highest BCUT2D eigenvalue weighted by Gasteiger charge is 2.20. The predicted octanol–water partition coefficient (Wildman–Crippen LogP) is 4.13. The highest BCUT2D eigenvalue weighted by molar-refractivity contribution is 7.09. The number of carbonyl (C=O) groups excluding carboxylic acids is 1. The van der Waals surface area contributed by atoms with Gasteiger partial charge in [0.1, 0.15) is 5.75 Å². The minimum Gasteiger partial charge on any atom is -0.508 e. The number of nitrogens with one attached hydrogen (secondary N) is 1. The molecule has 3 aromatic rings. The molecule has 6 heteroatoms. The fourth-order valence-corrected chi connectivity index (χ4v) is 4.10. The van der Waals surface area contributed by atoms with E-state index < -0.39 is 0 Å². The van der Waals surface area contributed by atoms with Crippen molar-refractivity contribution in [2.75, 3.05) is 13.1 Å². The van der Waals surface area contributed by atoms with E-state index in [4.69, 9.17) is 0 Å². The largest absolute Gasteiger partial charge is 0.508 e. The van der Waals surface area contributed by atoms with E-state index in [0.717, 1.165) is 34.7 Å². The molecule has 2 heterocycles. The molecule has 0 fully saturated rings. The summed E-state index contributed by atoms with van der Waals surface area (Å²) in [6.07, 6.45) is 1.61. The number of thiazole rings is 1. The zero-order valence-corrected chi connectivity index (χ0v) is 16.6. The molecule has 2 aromatic carbocycles. The van der Waals surface area contributed by atoms with Crippen LogP contribution in [-0.4, -0.2) is 34.1 Å². The van der Waals surface area contributed by atoms with Crippen molar-refractivity contribution in [2.24, 2.45) is 0 Å². The summed E-state index contributed by atoms with van der Waals surface area (Å²) in [4.78, 5) is 18.8. The summed E-state index contributed by atoms with van der Waals surface area (Å²) in [5, 5.41) is 15.8. The Balaban J connectivity index is 1.28. The van der Waals surface area contributed by atoms with Crippen molar-refractivity contribution in [1.82, 2.24) is 15.2 Å². The lowest BCUT2D eigenvalue weighted by Crippen LogP contribution is -2.43. The first kappa shape index (κ1) is 18.5. The average molecular weight is 394 g/mol. The molecule has 0 saturated heterocycles.